The monoisotopic (exact) mass is 301 g/mol. The van der Waals surface area contributed by atoms with Crippen molar-refractivity contribution >= 4 is 5.97 Å². The maximum Gasteiger partial charge on any atom is 0.346 e. The summed E-state index contributed by atoms with van der Waals surface area (Å²) in [5.74, 6) is -0.367. The molecule has 0 fully saturated rings. The molecule has 2 heterocycles. The topological polar surface area (TPSA) is 77.1 Å². The molecule has 1 aromatic heterocycles. The Morgan fingerprint density at radius 1 is 1.36 bits per heavy atom. The summed E-state index contributed by atoms with van der Waals surface area (Å²) in [6.07, 6.45) is 2.61. The third-order valence-electron chi connectivity index (χ3n) is 4.15. The Kier molecular flexibility index (Phi) is 3.83. The van der Waals surface area contributed by atoms with Gasteiger partial charge in [0, 0.05) is 6.42 Å². The summed E-state index contributed by atoms with van der Waals surface area (Å²) in [5, 5.41) is 13.6. The summed E-state index contributed by atoms with van der Waals surface area (Å²) in [6, 6.07) is 7.38. The van der Waals surface area contributed by atoms with Crippen LogP contribution in [0.4, 0.5) is 0 Å². The molecule has 6 nitrogen and oxygen atoms in total. The highest BCUT2D eigenvalue weighted by molar-refractivity contribution is 5.72. The minimum absolute atomic E-state index is 0.311. The van der Waals surface area contributed by atoms with Gasteiger partial charge in [-0.3, -0.25) is 4.57 Å². The van der Waals surface area contributed by atoms with Crippen molar-refractivity contribution in [3.8, 4) is 0 Å². The van der Waals surface area contributed by atoms with Gasteiger partial charge in [0.2, 0.25) is 0 Å². The molecule has 3 rings (SSSR count). The molecular weight excluding hydrogens is 282 g/mol. The van der Waals surface area contributed by atoms with Crippen molar-refractivity contribution in [3.63, 3.8) is 0 Å². The molecule has 0 aliphatic carbocycles. The molecule has 0 bridgehead atoms. The number of rotatable bonds is 4. The van der Waals surface area contributed by atoms with E-state index in [1.165, 1.54) is 14.8 Å². The predicted octanol–water partition coefficient (Wildman–Crippen LogP) is 1.56. The average molecular weight is 301 g/mol. The van der Waals surface area contributed by atoms with Crippen LogP contribution in [0.3, 0.4) is 0 Å². The van der Waals surface area contributed by atoms with Crippen molar-refractivity contribution in [1.82, 2.24) is 14.3 Å². The fourth-order valence-corrected chi connectivity index (χ4v) is 2.90. The van der Waals surface area contributed by atoms with Gasteiger partial charge in [-0.1, -0.05) is 29.8 Å². The molecule has 116 valence electrons. The lowest BCUT2D eigenvalue weighted by Gasteiger charge is -2.19. The van der Waals surface area contributed by atoms with Crippen LogP contribution >= 0.6 is 0 Å². The highest BCUT2D eigenvalue weighted by Gasteiger charge is 2.29. The van der Waals surface area contributed by atoms with Gasteiger partial charge in [0.05, 0.1) is 6.54 Å². The fraction of sp³-hybridized carbons (Fsp3) is 0.438. The molecule has 1 aromatic carbocycles. The number of fused-ring (bicyclic) bond motifs is 1. The van der Waals surface area contributed by atoms with E-state index in [2.05, 4.69) is 5.10 Å². The van der Waals surface area contributed by atoms with Crippen molar-refractivity contribution < 1.29 is 9.90 Å². The summed E-state index contributed by atoms with van der Waals surface area (Å²) >= 11 is 0. The molecule has 22 heavy (non-hydrogen) atoms. The first-order chi connectivity index (χ1) is 10.6. The summed E-state index contributed by atoms with van der Waals surface area (Å²) in [7, 11) is 0. The smallest absolute Gasteiger partial charge is 0.346 e. The van der Waals surface area contributed by atoms with Crippen LogP contribution in [0.5, 0.6) is 0 Å². The van der Waals surface area contributed by atoms with Gasteiger partial charge in [-0.25, -0.2) is 14.3 Å². The lowest BCUT2D eigenvalue weighted by atomic mass is 10.1. The molecule has 1 atom stereocenters. The Balaban J connectivity index is 1.82. The SMILES string of the molecule is Cc1ccc(CCn2nc3n(c2=O)[C@H](C(=O)O)CCC3)cc1. The molecule has 1 aliphatic heterocycles. The quantitative estimate of drug-likeness (QED) is 0.929. The number of nitrogens with zero attached hydrogens (tertiary/aromatic N) is 3. The molecule has 0 amide bonds. The van der Waals surface area contributed by atoms with Crippen LogP contribution in [0, 0.1) is 6.92 Å². The van der Waals surface area contributed by atoms with E-state index in [9.17, 15) is 14.7 Å². The Morgan fingerprint density at radius 2 is 2.09 bits per heavy atom. The van der Waals surface area contributed by atoms with Crippen LogP contribution in [0.1, 0.15) is 35.8 Å². The maximum absolute atomic E-state index is 12.4. The highest BCUT2D eigenvalue weighted by atomic mass is 16.4. The van der Waals surface area contributed by atoms with Gasteiger partial charge in [-0.2, -0.15) is 5.10 Å². The van der Waals surface area contributed by atoms with Crippen molar-refractivity contribution in [2.24, 2.45) is 0 Å². The lowest BCUT2D eigenvalue weighted by molar-refractivity contribution is -0.141. The summed E-state index contributed by atoms with van der Waals surface area (Å²) in [6.45, 7) is 2.50. The number of aryl methyl sites for hydroxylation is 4. The van der Waals surface area contributed by atoms with E-state index in [0.29, 0.717) is 31.6 Å². The minimum Gasteiger partial charge on any atom is -0.480 e. The molecule has 0 saturated carbocycles. The Morgan fingerprint density at radius 3 is 2.77 bits per heavy atom. The minimum atomic E-state index is -0.957. The highest BCUT2D eigenvalue weighted by Crippen LogP contribution is 2.21. The van der Waals surface area contributed by atoms with Crippen molar-refractivity contribution in [3.05, 3.63) is 51.7 Å². The fourth-order valence-electron chi connectivity index (χ4n) is 2.90. The van der Waals surface area contributed by atoms with Crippen LogP contribution < -0.4 is 5.69 Å². The Bertz CT molecular complexity index is 743. The van der Waals surface area contributed by atoms with E-state index in [1.807, 2.05) is 31.2 Å². The number of benzene rings is 1. The largest absolute Gasteiger partial charge is 0.480 e. The van der Waals surface area contributed by atoms with E-state index in [0.717, 1.165) is 12.0 Å². The zero-order valence-electron chi connectivity index (χ0n) is 12.5. The van der Waals surface area contributed by atoms with Gasteiger partial charge < -0.3 is 5.11 Å². The molecule has 0 radical (unpaired) electrons. The predicted molar refractivity (Wildman–Crippen MR) is 81.0 cm³/mol. The van der Waals surface area contributed by atoms with E-state index < -0.39 is 12.0 Å². The molecule has 1 N–H and O–H groups in total. The summed E-state index contributed by atoms with van der Waals surface area (Å²) < 4.78 is 2.75. The number of carbonyl (C=O) groups is 1. The van der Waals surface area contributed by atoms with E-state index >= 15 is 0 Å². The standard InChI is InChI=1S/C16H19N3O3/c1-11-5-7-12(8-6-11)9-10-18-16(22)19-13(15(20)21)3-2-4-14(19)17-18/h5-8,13H,2-4,9-10H2,1H3,(H,20,21)/t13-/m0/s1. The van der Waals surface area contributed by atoms with Crippen LogP contribution in [-0.4, -0.2) is 25.4 Å². The number of aliphatic carboxylic acids is 1. The first-order valence-corrected chi connectivity index (χ1v) is 7.53. The molecule has 6 heteroatoms. The van der Waals surface area contributed by atoms with Crippen molar-refractivity contribution in [2.45, 2.75) is 45.2 Å². The molecule has 0 saturated heterocycles. The average Bonchev–Trinajstić information content (AvgIpc) is 2.83. The molecule has 0 spiro atoms. The van der Waals surface area contributed by atoms with Gasteiger partial charge in [0.25, 0.3) is 0 Å². The van der Waals surface area contributed by atoms with E-state index in [-0.39, 0.29) is 5.69 Å². The first kappa shape index (κ1) is 14.6. The van der Waals surface area contributed by atoms with Crippen LogP contribution in [0.2, 0.25) is 0 Å². The molecule has 0 unspecified atom stereocenters. The molecule has 1 aliphatic rings. The van der Waals surface area contributed by atoms with Crippen LogP contribution in [0.15, 0.2) is 29.1 Å². The van der Waals surface area contributed by atoms with Gasteiger partial charge in [0.1, 0.15) is 11.9 Å². The van der Waals surface area contributed by atoms with E-state index in [1.54, 1.807) is 0 Å². The second-order valence-corrected chi connectivity index (χ2v) is 5.77. The van der Waals surface area contributed by atoms with Gasteiger partial charge in [0.15, 0.2) is 0 Å². The number of carboxylic acid groups (broad SMARTS) is 1. The summed E-state index contributed by atoms with van der Waals surface area (Å²) in [5.41, 5.74) is 2.02. The third-order valence-corrected chi connectivity index (χ3v) is 4.15. The number of aromatic nitrogens is 3. The number of carboxylic acids is 1. The second-order valence-electron chi connectivity index (χ2n) is 5.77. The molecular formula is C16H19N3O3. The van der Waals surface area contributed by atoms with E-state index in [4.69, 9.17) is 0 Å². The zero-order valence-corrected chi connectivity index (χ0v) is 12.5. The summed E-state index contributed by atoms with van der Waals surface area (Å²) in [4.78, 5) is 23.7. The normalized spacial score (nSPS) is 17.2. The zero-order chi connectivity index (χ0) is 15.7. The van der Waals surface area contributed by atoms with Gasteiger partial charge in [-0.05, 0) is 31.7 Å². The lowest BCUT2D eigenvalue weighted by Crippen LogP contribution is -2.34. The van der Waals surface area contributed by atoms with Gasteiger partial charge >= 0.3 is 11.7 Å². The first-order valence-electron chi connectivity index (χ1n) is 7.53. The third kappa shape index (κ3) is 2.68. The van der Waals surface area contributed by atoms with Crippen molar-refractivity contribution in [1.29, 1.82) is 0 Å². The van der Waals surface area contributed by atoms with Gasteiger partial charge in [-0.15, -0.1) is 0 Å². The van der Waals surface area contributed by atoms with Crippen LogP contribution in [-0.2, 0) is 24.2 Å². The number of hydrogen-bond acceptors (Lipinski definition) is 3. The number of hydrogen-bond donors (Lipinski definition) is 1. The Hall–Kier alpha value is -2.37. The Labute approximate surface area is 128 Å². The second kappa shape index (κ2) is 5.79. The maximum atomic E-state index is 12.4. The molecule has 2 aromatic rings. The van der Waals surface area contributed by atoms with Crippen molar-refractivity contribution in [2.75, 3.05) is 0 Å². The van der Waals surface area contributed by atoms with Crippen LogP contribution in [0.25, 0.3) is 0 Å².